The monoisotopic (exact) mass is 284 g/mol. The maximum absolute atomic E-state index is 12.9. The molecule has 0 saturated carbocycles. The average molecular weight is 284 g/mol. The van der Waals surface area contributed by atoms with Gasteiger partial charge in [-0.3, -0.25) is 0 Å². The number of benzene rings is 2. The van der Waals surface area contributed by atoms with Crippen molar-refractivity contribution in [2.24, 2.45) is 0 Å². The van der Waals surface area contributed by atoms with Gasteiger partial charge in [-0.15, -0.1) is 0 Å². The quantitative estimate of drug-likeness (QED) is 0.860. The van der Waals surface area contributed by atoms with E-state index in [0.717, 1.165) is 17.7 Å². The third-order valence-corrected chi connectivity index (χ3v) is 2.97. The molecule has 0 heterocycles. The van der Waals surface area contributed by atoms with Gasteiger partial charge < -0.3 is 10.1 Å². The van der Waals surface area contributed by atoms with E-state index in [0.29, 0.717) is 12.3 Å². The van der Waals surface area contributed by atoms with E-state index >= 15 is 0 Å². The highest BCUT2D eigenvalue weighted by Gasteiger charge is 2.10. The molecular formula is C17H17FN2O. The molecular weight excluding hydrogens is 267 g/mol. The zero-order chi connectivity index (χ0) is 15.1. The zero-order valence-electron chi connectivity index (χ0n) is 11.8. The Labute approximate surface area is 124 Å². The summed E-state index contributed by atoms with van der Waals surface area (Å²) in [5.41, 5.74) is 1.54. The first-order chi connectivity index (χ1) is 10.2. The Morgan fingerprint density at radius 1 is 1.14 bits per heavy atom. The Balaban J connectivity index is 2.07. The smallest absolute Gasteiger partial charge is 0.140 e. The van der Waals surface area contributed by atoms with Crippen LogP contribution in [0.3, 0.4) is 0 Å². The summed E-state index contributed by atoms with van der Waals surface area (Å²) in [4.78, 5) is 0. The van der Waals surface area contributed by atoms with Crippen LogP contribution in [-0.2, 0) is 0 Å². The molecule has 0 aromatic heterocycles. The van der Waals surface area contributed by atoms with Crippen LogP contribution >= 0.6 is 0 Å². The van der Waals surface area contributed by atoms with Gasteiger partial charge >= 0.3 is 0 Å². The molecule has 1 atom stereocenters. The molecule has 2 aromatic carbocycles. The normalized spacial score (nSPS) is 11.5. The van der Waals surface area contributed by atoms with E-state index in [4.69, 9.17) is 4.74 Å². The second-order valence-corrected chi connectivity index (χ2v) is 4.63. The molecule has 3 nitrogen and oxygen atoms in total. The Kier molecular flexibility index (Phi) is 5.16. The molecule has 2 aromatic rings. The Morgan fingerprint density at radius 2 is 1.81 bits per heavy atom. The first-order valence-corrected chi connectivity index (χ1v) is 6.87. The fourth-order valence-electron chi connectivity index (χ4n) is 1.88. The highest BCUT2D eigenvalue weighted by Crippen LogP contribution is 2.22. The molecule has 2 rings (SSSR count). The van der Waals surface area contributed by atoms with Gasteiger partial charge in [-0.05, 0) is 48.4 Å². The minimum absolute atomic E-state index is 0.300. The van der Waals surface area contributed by atoms with Crippen LogP contribution in [0.1, 0.15) is 24.9 Å². The third-order valence-electron chi connectivity index (χ3n) is 2.97. The molecule has 0 spiro atoms. The molecule has 1 N–H and O–H groups in total. The van der Waals surface area contributed by atoms with E-state index < -0.39 is 6.04 Å². The van der Waals surface area contributed by atoms with Gasteiger partial charge in [0.1, 0.15) is 17.6 Å². The lowest BCUT2D eigenvalue weighted by molar-refractivity contribution is 0.317. The van der Waals surface area contributed by atoms with Crippen molar-refractivity contribution >= 4 is 5.69 Å². The van der Waals surface area contributed by atoms with Gasteiger partial charge in [0.15, 0.2) is 0 Å². The lowest BCUT2D eigenvalue weighted by Gasteiger charge is -2.14. The van der Waals surface area contributed by atoms with Crippen molar-refractivity contribution in [3.8, 4) is 11.8 Å². The van der Waals surface area contributed by atoms with Gasteiger partial charge in [-0.1, -0.05) is 19.1 Å². The number of ether oxygens (including phenoxy) is 1. The molecule has 4 heteroatoms. The summed E-state index contributed by atoms with van der Waals surface area (Å²) in [5, 5.41) is 12.4. The van der Waals surface area contributed by atoms with Crippen LogP contribution in [0.15, 0.2) is 48.5 Å². The molecule has 0 aliphatic heterocycles. The summed E-state index contributed by atoms with van der Waals surface area (Å²) < 4.78 is 18.4. The van der Waals surface area contributed by atoms with Crippen molar-refractivity contribution < 1.29 is 9.13 Å². The molecule has 0 amide bonds. The summed E-state index contributed by atoms with van der Waals surface area (Å²) in [6, 6.07) is 15.1. The number of rotatable bonds is 6. The second kappa shape index (κ2) is 7.30. The van der Waals surface area contributed by atoms with Crippen molar-refractivity contribution in [2.75, 3.05) is 11.9 Å². The van der Waals surface area contributed by atoms with Gasteiger partial charge in [0.2, 0.25) is 0 Å². The fraction of sp³-hybridized carbons (Fsp3) is 0.235. The highest BCUT2D eigenvalue weighted by atomic mass is 19.1. The van der Waals surface area contributed by atoms with Crippen molar-refractivity contribution in [3.05, 3.63) is 59.9 Å². The first kappa shape index (κ1) is 14.9. The van der Waals surface area contributed by atoms with Crippen molar-refractivity contribution in [2.45, 2.75) is 19.4 Å². The van der Waals surface area contributed by atoms with Gasteiger partial charge in [0, 0.05) is 5.69 Å². The number of hydrogen-bond donors (Lipinski definition) is 1. The fourth-order valence-corrected chi connectivity index (χ4v) is 1.88. The van der Waals surface area contributed by atoms with Crippen LogP contribution in [0.4, 0.5) is 10.1 Å². The molecule has 21 heavy (non-hydrogen) atoms. The molecule has 0 saturated heterocycles. The molecule has 108 valence electrons. The van der Waals surface area contributed by atoms with Gasteiger partial charge in [-0.25, -0.2) is 4.39 Å². The van der Waals surface area contributed by atoms with E-state index in [-0.39, 0.29) is 5.82 Å². The van der Waals surface area contributed by atoms with Crippen LogP contribution < -0.4 is 10.1 Å². The van der Waals surface area contributed by atoms with Gasteiger partial charge in [0.25, 0.3) is 0 Å². The lowest BCUT2D eigenvalue weighted by Crippen LogP contribution is -2.08. The van der Waals surface area contributed by atoms with E-state index in [9.17, 15) is 9.65 Å². The van der Waals surface area contributed by atoms with Crippen molar-refractivity contribution in [1.29, 1.82) is 5.26 Å². The van der Waals surface area contributed by atoms with Crippen molar-refractivity contribution in [1.82, 2.24) is 0 Å². The summed E-state index contributed by atoms with van der Waals surface area (Å²) in [7, 11) is 0. The average Bonchev–Trinajstić information content (AvgIpc) is 2.53. The number of halogens is 1. The minimum Gasteiger partial charge on any atom is -0.494 e. The van der Waals surface area contributed by atoms with Crippen LogP contribution in [0.2, 0.25) is 0 Å². The summed E-state index contributed by atoms with van der Waals surface area (Å²) >= 11 is 0. The molecule has 0 aliphatic rings. The molecule has 0 aliphatic carbocycles. The number of anilines is 1. The van der Waals surface area contributed by atoms with Crippen LogP contribution in [0.5, 0.6) is 5.75 Å². The van der Waals surface area contributed by atoms with E-state index in [1.165, 1.54) is 12.1 Å². The standard InChI is InChI=1S/C17H17FN2O/c1-2-11-21-16-9-3-13(4-10-16)17(12-19)20-15-7-5-14(18)6-8-15/h3-10,17,20H,2,11H2,1H3. The number of nitrogens with zero attached hydrogens (tertiary/aromatic N) is 1. The predicted octanol–water partition coefficient (Wildman–Crippen LogP) is 4.29. The molecule has 1 unspecified atom stereocenters. The summed E-state index contributed by atoms with van der Waals surface area (Å²) in [5.74, 6) is 0.491. The highest BCUT2D eigenvalue weighted by molar-refractivity contribution is 5.47. The van der Waals surface area contributed by atoms with Gasteiger partial charge in [-0.2, -0.15) is 5.26 Å². The largest absolute Gasteiger partial charge is 0.494 e. The summed E-state index contributed by atoms with van der Waals surface area (Å²) in [6.07, 6.45) is 0.953. The van der Waals surface area contributed by atoms with Crippen LogP contribution in [-0.4, -0.2) is 6.61 Å². The second-order valence-electron chi connectivity index (χ2n) is 4.63. The number of nitriles is 1. The Bertz CT molecular complexity index is 602. The Hall–Kier alpha value is -2.54. The van der Waals surface area contributed by atoms with Crippen LogP contribution in [0, 0.1) is 17.1 Å². The molecule has 0 bridgehead atoms. The SMILES string of the molecule is CCCOc1ccc(C(C#N)Nc2ccc(F)cc2)cc1. The zero-order valence-corrected chi connectivity index (χ0v) is 11.8. The van der Waals surface area contributed by atoms with Gasteiger partial charge in [0.05, 0.1) is 12.7 Å². The first-order valence-electron chi connectivity index (χ1n) is 6.87. The topological polar surface area (TPSA) is 45.0 Å². The maximum Gasteiger partial charge on any atom is 0.140 e. The maximum atomic E-state index is 12.9. The number of nitrogens with one attached hydrogen (secondary N) is 1. The predicted molar refractivity (Wildman–Crippen MR) is 80.6 cm³/mol. The lowest BCUT2D eigenvalue weighted by atomic mass is 10.1. The minimum atomic E-state index is -0.490. The Morgan fingerprint density at radius 3 is 2.38 bits per heavy atom. The van der Waals surface area contributed by atoms with E-state index in [1.54, 1.807) is 12.1 Å². The molecule has 0 fully saturated rings. The van der Waals surface area contributed by atoms with E-state index in [1.807, 2.05) is 31.2 Å². The van der Waals surface area contributed by atoms with Crippen LogP contribution in [0.25, 0.3) is 0 Å². The number of hydrogen-bond acceptors (Lipinski definition) is 3. The molecule has 0 radical (unpaired) electrons. The van der Waals surface area contributed by atoms with E-state index in [2.05, 4.69) is 11.4 Å². The summed E-state index contributed by atoms with van der Waals surface area (Å²) in [6.45, 7) is 2.72. The van der Waals surface area contributed by atoms with Crippen molar-refractivity contribution in [3.63, 3.8) is 0 Å². The third kappa shape index (κ3) is 4.22.